The van der Waals surface area contributed by atoms with Gasteiger partial charge in [0.05, 0.1) is 5.56 Å². The van der Waals surface area contributed by atoms with Gasteiger partial charge in [-0.2, -0.15) is 0 Å². The molecule has 3 aromatic rings. The second kappa shape index (κ2) is 7.47. The molecule has 2 aromatic carbocycles. The molecule has 1 N–H and O–H groups in total. The summed E-state index contributed by atoms with van der Waals surface area (Å²) in [5.74, 6) is -1.24. The monoisotopic (exact) mass is 396 g/mol. The van der Waals surface area contributed by atoms with E-state index in [2.05, 4.69) is 15.5 Å². The Morgan fingerprint density at radius 3 is 2.71 bits per heavy atom. The van der Waals surface area contributed by atoms with Crippen molar-refractivity contribution in [3.8, 4) is 0 Å². The Kier molecular flexibility index (Phi) is 4.87. The highest BCUT2D eigenvalue weighted by Crippen LogP contribution is 2.35. The Morgan fingerprint density at radius 2 is 1.93 bits per heavy atom. The lowest BCUT2D eigenvalue weighted by atomic mass is 10.1. The van der Waals surface area contributed by atoms with E-state index in [1.54, 1.807) is 11.0 Å². The molecule has 1 fully saturated rings. The second-order valence-corrected chi connectivity index (χ2v) is 7.58. The SMILES string of the molecule is Cc1ccccc1N1C[C@H](c2nnc(NC(=O)c3ccccc3F)s2)CC1=O. The number of para-hydroxylation sites is 1. The van der Waals surface area contributed by atoms with E-state index >= 15 is 0 Å². The largest absolute Gasteiger partial charge is 0.311 e. The van der Waals surface area contributed by atoms with E-state index in [-0.39, 0.29) is 22.5 Å². The number of anilines is 2. The van der Waals surface area contributed by atoms with E-state index < -0.39 is 11.7 Å². The Morgan fingerprint density at radius 1 is 1.18 bits per heavy atom. The number of hydrogen-bond acceptors (Lipinski definition) is 5. The van der Waals surface area contributed by atoms with E-state index in [9.17, 15) is 14.0 Å². The fourth-order valence-electron chi connectivity index (χ4n) is 3.23. The number of nitrogens with zero attached hydrogens (tertiary/aromatic N) is 3. The molecule has 1 atom stereocenters. The summed E-state index contributed by atoms with van der Waals surface area (Å²) in [6.07, 6.45) is 0.338. The van der Waals surface area contributed by atoms with Crippen LogP contribution in [0, 0.1) is 12.7 Å². The minimum Gasteiger partial charge on any atom is -0.311 e. The third-order valence-electron chi connectivity index (χ3n) is 4.66. The quantitative estimate of drug-likeness (QED) is 0.729. The lowest BCUT2D eigenvalue weighted by molar-refractivity contribution is -0.117. The lowest BCUT2D eigenvalue weighted by Gasteiger charge is -2.18. The van der Waals surface area contributed by atoms with E-state index in [4.69, 9.17) is 0 Å². The minimum absolute atomic E-state index is 0.0337. The van der Waals surface area contributed by atoms with Crippen molar-refractivity contribution in [3.63, 3.8) is 0 Å². The van der Waals surface area contributed by atoms with Crippen molar-refractivity contribution >= 4 is 34.0 Å². The lowest BCUT2D eigenvalue weighted by Crippen LogP contribution is -2.25. The van der Waals surface area contributed by atoms with Crippen LogP contribution < -0.4 is 10.2 Å². The predicted octanol–water partition coefficient (Wildman–Crippen LogP) is 3.76. The van der Waals surface area contributed by atoms with Gasteiger partial charge in [-0.3, -0.25) is 14.9 Å². The zero-order valence-corrected chi connectivity index (χ0v) is 15.9. The van der Waals surface area contributed by atoms with Gasteiger partial charge in [0.25, 0.3) is 5.91 Å². The summed E-state index contributed by atoms with van der Waals surface area (Å²) in [6, 6.07) is 13.5. The first-order valence-electron chi connectivity index (χ1n) is 8.78. The van der Waals surface area contributed by atoms with Crippen molar-refractivity contribution in [3.05, 3.63) is 70.5 Å². The molecule has 1 saturated heterocycles. The molecule has 1 aliphatic rings. The molecule has 0 spiro atoms. The summed E-state index contributed by atoms with van der Waals surface area (Å²) < 4.78 is 13.7. The number of carbonyl (C=O) groups is 2. The maximum absolute atomic E-state index is 13.7. The highest BCUT2D eigenvalue weighted by atomic mass is 32.1. The van der Waals surface area contributed by atoms with E-state index in [0.29, 0.717) is 18.0 Å². The third-order valence-corrected chi connectivity index (χ3v) is 5.66. The van der Waals surface area contributed by atoms with Crippen LogP contribution in [0.2, 0.25) is 0 Å². The van der Waals surface area contributed by atoms with Gasteiger partial charge in [-0.1, -0.05) is 41.7 Å². The highest BCUT2D eigenvalue weighted by molar-refractivity contribution is 7.15. The number of halogens is 1. The third kappa shape index (κ3) is 3.50. The molecule has 8 heteroatoms. The molecule has 28 heavy (non-hydrogen) atoms. The number of carbonyl (C=O) groups excluding carboxylic acids is 2. The first-order chi connectivity index (χ1) is 13.5. The maximum Gasteiger partial charge on any atom is 0.260 e. The van der Waals surface area contributed by atoms with Crippen LogP contribution in [0.25, 0.3) is 0 Å². The summed E-state index contributed by atoms with van der Waals surface area (Å²) in [5.41, 5.74) is 1.88. The highest BCUT2D eigenvalue weighted by Gasteiger charge is 2.34. The number of benzene rings is 2. The van der Waals surface area contributed by atoms with Crippen LogP contribution in [-0.2, 0) is 4.79 Å². The van der Waals surface area contributed by atoms with Crippen LogP contribution in [-0.4, -0.2) is 28.6 Å². The first kappa shape index (κ1) is 18.2. The van der Waals surface area contributed by atoms with Crippen molar-refractivity contribution in [2.45, 2.75) is 19.3 Å². The Labute approximate surface area is 165 Å². The molecule has 0 radical (unpaired) electrons. The Bertz CT molecular complexity index is 1050. The number of amides is 2. The van der Waals surface area contributed by atoms with Crippen LogP contribution >= 0.6 is 11.3 Å². The van der Waals surface area contributed by atoms with Gasteiger partial charge in [-0.05, 0) is 30.7 Å². The zero-order valence-electron chi connectivity index (χ0n) is 15.1. The van der Waals surface area contributed by atoms with Crippen molar-refractivity contribution in [1.29, 1.82) is 0 Å². The summed E-state index contributed by atoms with van der Waals surface area (Å²) in [4.78, 5) is 26.5. The fourth-order valence-corrected chi connectivity index (χ4v) is 4.06. The number of aromatic nitrogens is 2. The topological polar surface area (TPSA) is 75.2 Å². The standard InChI is InChI=1S/C20H17FN4O2S/c1-12-6-2-5-9-16(12)25-11-13(10-17(25)26)19-23-24-20(28-19)22-18(27)14-7-3-4-8-15(14)21/h2-9,13H,10-11H2,1H3,(H,22,24,27)/t13-/m1/s1. The van der Waals surface area contributed by atoms with Crippen molar-refractivity contribution < 1.29 is 14.0 Å². The number of hydrogen-bond donors (Lipinski definition) is 1. The molecule has 2 heterocycles. The van der Waals surface area contributed by atoms with Crippen LogP contribution in [0.4, 0.5) is 15.2 Å². The van der Waals surface area contributed by atoms with Gasteiger partial charge in [-0.25, -0.2) is 4.39 Å². The molecular formula is C20H17FN4O2S. The normalized spacial score (nSPS) is 16.4. The van der Waals surface area contributed by atoms with Gasteiger partial charge < -0.3 is 4.90 Å². The minimum atomic E-state index is -0.597. The average Bonchev–Trinajstić information content (AvgIpc) is 3.29. The average molecular weight is 396 g/mol. The Balaban J connectivity index is 1.48. The first-order valence-corrected chi connectivity index (χ1v) is 9.60. The molecule has 0 bridgehead atoms. The molecule has 0 saturated carbocycles. The van der Waals surface area contributed by atoms with Crippen molar-refractivity contribution in [1.82, 2.24) is 10.2 Å². The number of rotatable bonds is 4. The smallest absolute Gasteiger partial charge is 0.260 e. The summed E-state index contributed by atoms with van der Waals surface area (Å²) in [7, 11) is 0. The molecule has 6 nitrogen and oxygen atoms in total. The van der Waals surface area contributed by atoms with Gasteiger partial charge in [0.15, 0.2) is 0 Å². The Hall–Kier alpha value is -3.13. The molecular weight excluding hydrogens is 379 g/mol. The van der Waals surface area contributed by atoms with Crippen LogP contribution in [0.1, 0.15) is 33.3 Å². The molecule has 2 amide bonds. The van der Waals surface area contributed by atoms with Crippen LogP contribution in [0.5, 0.6) is 0 Å². The van der Waals surface area contributed by atoms with E-state index in [1.165, 1.54) is 29.5 Å². The van der Waals surface area contributed by atoms with Crippen LogP contribution in [0.15, 0.2) is 48.5 Å². The van der Waals surface area contributed by atoms with Gasteiger partial charge in [-0.15, -0.1) is 10.2 Å². The molecule has 142 valence electrons. The predicted molar refractivity (Wildman–Crippen MR) is 105 cm³/mol. The van der Waals surface area contributed by atoms with Crippen LogP contribution in [0.3, 0.4) is 0 Å². The second-order valence-electron chi connectivity index (χ2n) is 6.57. The molecule has 4 rings (SSSR count). The molecule has 0 unspecified atom stereocenters. The van der Waals surface area contributed by atoms with Gasteiger partial charge in [0.1, 0.15) is 10.8 Å². The van der Waals surface area contributed by atoms with Gasteiger partial charge in [0.2, 0.25) is 11.0 Å². The number of nitrogens with one attached hydrogen (secondary N) is 1. The zero-order chi connectivity index (χ0) is 19.7. The van der Waals surface area contributed by atoms with Gasteiger partial charge in [0, 0.05) is 24.6 Å². The van der Waals surface area contributed by atoms with Gasteiger partial charge >= 0.3 is 0 Å². The molecule has 1 aliphatic heterocycles. The van der Waals surface area contributed by atoms with E-state index in [1.807, 2.05) is 31.2 Å². The number of aryl methyl sites for hydroxylation is 1. The maximum atomic E-state index is 13.7. The van der Waals surface area contributed by atoms with E-state index in [0.717, 1.165) is 11.3 Å². The summed E-state index contributed by atoms with van der Waals surface area (Å²) in [5, 5.41) is 11.6. The molecule has 1 aromatic heterocycles. The fraction of sp³-hybridized carbons (Fsp3) is 0.200. The van der Waals surface area contributed by atoms with Crippen molar-refractivity contribution in [2.24, 2.45) is 0 Å². The summed E-state index contributed by atoms with van der Waals surface area (Å²) >= 11 is 1.21. The summed E-state index contributed by atoms with van der Waals surface area (Å²) in [6.45, 7) is 2.48. The van der Waals surface area contributed by atoms with Crippen molar-refractivity contribution in [2.75, 3.05) is 16.8 Å². The molecule has 0 aliphatic carbocycles.